The Morgan fingerprint density at radius 2 is 1.08 bits per heavy atom. The van der Waals surface area contributed by atoms with Crippen LogP contribution in [-0.2, 0) is 0 Å². The minimum atomic E-state index is -1.05. The highest BCUT2D eigenvalue weighted by Gasteiger charge is 2.17. The lowest BCUT2D eigenvalue weighted by Gasteiger charge is -2.18. The maximum Gasteiger partial charge on any atom is 0.335 e. The smallest absolute Gasteiger partial charge is 0.335 e. The van der Waals surface area contributed by atoms with Gasteiger partial charge in [0, 0.05) is 57.3 Å². The molecule has 0 aliphatic carbocycles. The number of aryl methyl sites for hydroxylation is 2. The molecule has 0 aliphatic rings. The molecular weight excluding hydrogens is 711 g/mol. The summed E-state index contributed by atoms with van der Waals surface area (Å²) in [5, 5.41) is 19.8. The lowest BCUT2D eigenvalue weighted by molar-refractivity contribution is 0.0696. The van der Waals surface area contributed by atoms with E-state index < -0.39 is 23.3 Å². The standard InChI is InChI=1S/C15H16ClN5O2.C15H17N5O3.CH2Cl2.CH4/c1-9-4-5-10(14(16)22)6-11(9)20-15(23)21(3)13-7-12(17-2)18-8-19-13;1-9-4-5-10(14(21)22)6-11(9)19-15(23)20(3)13-7-12(16-2)17-8-18-13;2-1-3;/h4-8H,1-3H3,(H,20,23)(H,17,18,19);4-8H,1-3H3,(H,19,23)(H,21,22)(H,16,17,18);1H2;1H4. The summed E-state index contributed by atoms with van der Waals surface area (Å²) in [5.74, 6) is 0.973. The van der Waals surface area contributed by atoms with Gasteiger partial charge in [-0.1, -0.05) is 19.6 Å². The summed E-state index contributed by atoms with van der Waals surface area (Å²) < 4.78 is 0. The molecule has 268 valence electrons. The molecule has 15 nitrogen and oxygen atoms in total. The van der Waals surface area contributed by atoms with Crippen molar-refractivity contribution in [2.45, 2.75) is 21.3 Å². The third-order valence-electron chi connectivity index (χ3n) is 6.55. The number of carbonyl (C=O) groups is 4. The van der Waals surface area contributed by atoms with Crippen LogP contribution in [0.2, 0.25) is 0 Å². The number of alkyl halides is 2. The number of hydrogen-bond acceptors (Lipinski definition) is 10. The van der Waals surface area contributed by atoms with Gasteiger partial charge in [-0.2, -0.15) is 0 Å². The van der Waals surface area contributed by atoms with E-state index in [0.717, 1.165) is 11.1 Å². The van der Waals surface area contributed by atoms with E-state index in [9.17, 15) is 19.2 Å². The van der Waals surface area contributed by atoms with Crippen LogP contribution in [0.3, 0.4) is 0 Å². The molecule has 0 saturated heterocycles. The van der Waals surface area contributed by atoms with E-state index in [0.29, 0.717) is 40.2 Å². The predicted molar refractivity (Wildman–Crippen MR) is 201 cm³/mol. The second kappa shape index (κ2) is 21.0. The minimum Gasteiger partial charge on any atom is -0.478 e. The molecule has 4 rings (SSSR count). The number of anilines is 6. The van der Waals surface area contributed by atoms with Crippen molar-refractivity contribution in [1.82, 2.24) is 19.9 Å². The quantitative estimate of drug-likeness (QED) is 0.0909. The van der Waals surface area contributed by atoms with E-state index in [-0.39, 0.29) is 18.3 Å². The summed E-state index contributed by atoms with van der Waals surface area (Å²) in [6.07, 6.45) is 2.71. The summed E-state index contributed by atoms with van der Waals surface area (Å²) in [6, 6.07) is 11.8. The molecule has 2 aromatic heterocycles. The number of carboxylic acid groups (broad SMARTS) is 1. The Kier molecular flexibility index (Phi) is 17.9. The van der Waals surface area contributed by atoms with Crippen LogP contribution in [0.25, 0.3) is 0 Å². The first-order valence-corrected chi connectivity index (χ1v) is 15.6. The minimum absolute atomic E-state index is 0. The second-order valence-corrected chi connectivity index (χ2v) is 10.9. The number of benzene rings is 2. The van der Waals surface area contributed by atoms with Gasteiger partial charge in [-0.3, -0.25) is 14.6 Å². The monoisotopic (exact) mass is 748 g/mol. The molecule has 4 amide bonds. The summed E-state index contributed by atoms with van der Waals surface area (Å²) in [6.45, 7) is 3.60. The number of hydrogen-bond donors (Lipinski definition) is 5. The molecule has 0 atom stereocenters. The van der Waals surface area contributed by atoms with Gasteiger partial charge in [0.05, 0.1) is 10.9 Å². The number of carboxylic acids is 1. The topological polar surface area (TPSA) is 195 Å². The van der Waals surface area contributed by atoms with Crippen LogP contribution >= 0.6 is 34.8 Å². The lowest BCUT2D eigenvalue weighted by atomic mass is 10.1. The Bertz CT molecular complexity index is 1650. The van der Waals surface area contributed by atoms with Crippen LogP contribution in [0.5, 0.6) is 0 Å². The van der Waals surface area contributed by atoms with Crippen molar-refractivity contribution in [3.63, 3.8) is 0 Å². The van der Waals surface area contributed by atoms with E-state index in [4.69, 9.17) is 39.9 Å². The Balaban J connectivity index is 0.000000455. The van der Waals surface area contributed by atoms with E-state index in [1.807, 2.05) is 6.92 Å². The Labute approximate surface area is 305 Å². The van der Waals surface area contributed by atoms with E-state index >= 15 is 0 Å². The van der Waals surface area contributed by atoms with Crippen LogP contribution in [0.1, 0.15) is 39.3 Å². The Hall–Kier alpha value is -5.25. The third kappa shape index (κ3) is 12.7. The molecule has 0 unspecified atom stereocenters. The van der Waals surface area contributed by atoms with Crippen LogP contribution < -0.4 is 31.1 Å². The summed E-state index contributed by atoms with van der Waals surface area (Å²) >= 11 is 15.0. The number of nitrogens with one attached hydrogen (secondary N) is 4. The maximum atomic E-state index is 12.4. The van der Waals surface area contributed by atoms with Gasteiger partial charge in [0.2, 0.25) is 0 Å². The molecule has 5 N–H and O–H groups in total. The van der Waals surface area contributed by atoms with Gasteiger partial charge in [0.1, 0.15) is 35.9 Å². The zero-order chi connectivity index (χ0) is 36.7. The van der Waals surface area contributed by atoms with Crippen molar-refractivity contribution < 1.29 is 24.3 Å². The number of urea groups is 2. The van der Waals surface area contributed by atoms with Gasteiger partial charge in [-0.25, -0.2) is 34.3 Å². The zero-order valence-electron chi connectivity index (χ0n) is 27.4. The number of halogens is 3. The van der Waals surface area contributed by atoms with E-state index in [1.165, 1.54) is 40.7 Å². The Morgan fingerprint density at radius 3 is 1.44 bits per heavy atom. The zero-order valence-corrected chi connectivity index (χ0v) is 29.6. The predicted octanol–water partition coefficient (Wildman–Crippen LogP) is 7.12. The molecule has 2 heterocycles. The van der Waals surface area contributed by atoms with Gasteiger partial charge in [0.15, 0.2) is 0 Å². The molecular formula is C32H39Cl3N10O5. The number of carbonyl (C=O) groups excluding carboxylic acids is 3. The van der Waals surface area contributed by atoms with Crippen molar-refractivity contribution >= 4 is 92.7 Å². The number of aromatic carboxylic acids is 1. The molecule has 0 bridgehead atoms. The van der Waals surface area contributed by atoms with Crippen molar-refractivity contribution in [2.24, 2.45) is 0 Å². The van der Waals surface area contributed by atoms with Crippen LogP contribution in [0, 0.1) is 13.8 Å². The number of rotatable bonds is 8. The lowest BCUT2D eigenvalue weighted by Crippen LogP contribution is -2.32. The summed E-state index contributed by atoms with van der Waals surface area (Å²) in [7, 11) is 6.59. The van der Waals surface area contributed by atoms with Crippen molar-refractivity contribution in [2.75, 3.05) is 64.6 Å². The third-order valence-corrected chi connectivity index (χ3v) is 6.76. The highest BCUT2D eigenvalue weighted by atomic mass is 35.5. The first-order chi connectivity index (χ1) is 23.3. The van der Waals surface area contributed by atoms with Gasteiger partial charge in [0.25, 0.3) is 5.24 Å². The summed E-state index contributed by atoms with van der Waals surface area (Å²) in [5.41, 5.74) is 2.94. The first kappa shape index (κ1) is 42.8. The van der Waals surface area contributed by atoms with Crippen molar-refractivity contribution in [3.8, 4) is 0 Å². The molecule has 4 aromatic rings. The largest absolute Gasteiger partial charge is 0.478 e. The average Bonchev–Trinajstić information content (AvgIpc) is 3.09. The molecule has 0 fully saturated rings. The fourth-order valence-corrected chi connectivity index (χ4v) is 3.83. The van der Waals surface area contributed by atoms with Gasteiger partial charge in [-0.05, 0) is 60.8 Å². The summed E-state index contributed by atoms with van der Waals surface area (Å²) in [4.78, 5) is 65.7. The van der Waals surface area contributed by atoms with Crippen LogP contribution in [-0.4, -0.2) is 81.8 Å². The van der Waals surface area contributed by atoms with E-state index in [2.05, 4.69) is 41.2 Å². The highest BCUT2D eigenvalue weighted by Crippen LogP contribution is 2.21. The fraction of sp³-hybridized carbons (Fsp3) is 0.250. The SMILES string of the molecule is C.CNc1cc(N(C)C(=O)Nc2cc(C(=O)Cl)ccc2C)ncn1.CNc1cc(N(C)C(=O)Nc2cc(C(=O)O)ccc2C)ncn1.ClCCl. The number of nitrogens with zero attached hydrogens (tertiary/aromatic N) is 6. The normalized spacial score (nSPS) is 9.62. The Morgan fingerprint density at radius 1 is 0.700 bits per heavy atom. The molecule has 2 aromatic carbocycles. The van der Waals surface area contributed by atoms with Crippen molar-refractivity contribution in [3.05, 3.63) is 83.4 Å². The highest BCUT2D eigenvalue weighted by molar-refractivity contribution is 6.67. The second-order valence-electron chi connectivity index (χ2n) is 9.74. The van der Waals surface area contributed by atoms with Crippen molar-refractivity contribution in [1.29, 1.82) is 0 Å². The van der Waals surface area contributed by atoms with Crippen LogP contribution in [0.4, 0.5) is 44.2 Å². The average molecular weight is 750 g/mol. The maximum absolute atomic E-state index is 12.4. The van der Waals surface area contributed by atoms with E-state index in [1.54, 1.807) is 65.4 Å². The molecule has 18 heteroatoms. The van der Waals surface area contributed by atoms with Crippen LogP contribution in [0.15, 0.2) is 61.2 Å². The molecule has 0 radical (unpaired) electrons. The number of amides is 4. The van der Waals surface area contributed by atoms with Gasteiger partial charge in [-0.15, -0.1) is 23.2 Å². The molecule has 0 aliphatic heterocycles. The molecule has 50 heavy (non-hydrogen) atoms. The fourth-order valence-electron chi connectivity index (χ4n) is 3.71. The van der Waals surface area contributed by atoms with Gasteiger partial charge < -0.3 is 26.4 Å². The van der Waals surface area contributed by atoms with Gasteiger partial charge >= 0.3 is 18.0 Å². The first-order valence-electron chi connectivity index (χ1n) is 14.1. The number of aromatic nitrogens is 4. The molecule has 0 spiro atoms. The molecule has 0 saturated carbocycles.